The lowest BCUT2D eigenvalue weighted by Crippen LogP contribution is -2.37. The molecule has 2 aliphatic rings. The third-order valence-electron chi connectivity index (χ3n) is 4.10. The highest BCUT2D eigenvalue weighted by molar-refractivity contribution is 5.78. The predicted octanol–water partition coefficient (Wildman–Crippen LogP) is 1.52. The lowest BCUT2D eigenvalue weighted by molar-refractivity contribution is -0.138. The minimum absolute atomic E-state index is 0.445. The maximum absolute atomic E-state index is 11.3. The molecule has 2 saturated heterocycles. The molecule has 0 radical (unpaired) electrons. The fraction of sp³-hybridized carbons (Fsp3) is 0.643. The van der Waals surface area contributed by atoms with Crippen LogP contribution in [0.15, 0.2) is 12.3 Å². The van der Waals surface area contributed by atoms with Crippen molar-refractivity contribution in [2.75, 3.05) is 29.4 Å². The Morgan fingerprint density at radius 3 is 2.75 bits per heavy atom. The first-order valence-electron chi connectivity index (χ1n) is 7.33. The summed E-state index contributed by atoms with van der Waals surface area (Å²) in [7, 11) is 0. The molecule has 0 aromatic carbocycles. The number of aromatic nitrogens is 2. The second-order valence-corrected chi connectivity index (χ2v) is 5.45. The van der Waals surface area contributed by atoms with E-state index in [9.17, 15) is 9.90 Å². The quantitative estimate of drug-likeness (QED) is 0.902. The molecule has 1 aromatic heterocycles. The van der Waals surface area contributed by atoms with Crippen LogP contribution in [0.2, 0.25) is 0 Å². The van der Waals surface area contributed by atoms with Crippen LogP contribution in [0.25, 0.3) is 0 Å². The summed E-state index contributed by atoms with van der Waals surface area (Å²) in [5.74, 6) is 0.712. The molecule has 6 nitrogen and oxygen atoms in total. The highest BCUT2D eigenvalue weighted by Crippen LogP contribution is 2.25. The summed E-state index contributed by atoms with van der Waals surface area (Å²) in [6, 6.07) is 1.37. The number of nitrogens with zero attached hydrogens (tertiary/aromatic N) is 4. The van der Waals surface area contributed by atoms with Crippen LogP contribution in [0.4, 0.5) is 11.8 Å². The standard InChI is InChI=1S/C14H20N4O2/c19-13(20)11-5-4-10-18(11)12-6-7-15-14(16-12)17-8-2-1-3-9-17/h6-7,11H,1-5,8-10H2,(H,19,20). The Kier molecular flexibility index (Phi) is 3.71. The molecule has 1 atom stereocenters. The minimum atomic E-state index is -0.763. The largest absolute Gasteiger partial charge is 0.480 e. The van der Waals surface area contributed by atoms with Crippen LogP contribution in [0, 0.1) is 0 Å². The highest BCUT2D eigenvalue weighted by atomic mass is 16.4. The van der Waals surface area contributed by atoms with Crippen molar-refractivity contribution < 1.29 is 9.90 Å². The van der Waals surface area contributed by atoms with Crippen molar-refractivity contribution >= 4 is 17.7 Å². The maximum Gasteiger partial charge on any atom is 0.326 e. The van der Waals surface area contributed by atoms with Gasteiger partial charge in [-0.15, -0.1) is 0 Å². The summed E-state index contributed by atoms with van der Waals surface area (Å²) in [6.07, 6.45) is 6.95. The molecule has 3 heterocycles. The maximum atomic E-state index is 11.3. The van der Waals surface area contributed by atoms with Crippen molar-refractivity contribution in [2.45, 2.75) is 38.1 Å². The van der Waals surface area contributed by atoms with Gasteiger partial charge in [0.15, 0.2) is 0 Å². The molecule has 108 valence electrons. The zero-order valence-electron chi connectivity index (χ0n) is 11.5. The second-order valence-electron chi connectivity index (χ2n) is 5.45. The second kappa shape index (κ2) is 5.64. The van der Waals surface area contributed by atoms with Crippen LogP contribution in [-0.4, -0.2) is 46.7 Å². The molecule has 0 spiro atoms. The van der Waals surface area contributed by atoms with Gasteiger partial charge in [-0.1, -0.05) is 0 Å². The van der Waals surface area contributed by atoms with Crippen LogP contribution < -0.4 is 9.80 Å². The van der Waals surface area contributed by atoms with Crippen molar-refractivity contribution in [3.8, 4) is 0 Å². The Labute approximate surface area is 118 Å². The van der Waals surface area contributed by atoms with Crippen molar-refractivity contribution in [3.05, 3.63) is 12.3 Å². The number of carboxylic acid groups (broad SMARTS) is 1. The fourth-order valence-corrected chi connectivity index (χ4v) is 3.04. The Morgan fingerprint density at radius 1 is 1.20 bits per heavy atom. The summed E-state index contributed by atoms with van der Waals surface area (Å²) in [5, 5.41) is 9.27. The third kappa shape index (κ3) is 2.55. The van der Waals surface area contributed by atoms with Gasteiger partial charge < -0.3 is 14.9 Å². The van der Waals surface area contributed by atoms with Gasteiger partial charge in [-0.2, -0.15) is 4.98 Å². The average molecular weight is 276 g/mol. The summed E-state index contributed by atoms with van der Waals surface area (Å²) >= 11 is 0. The molecule has 1 aromatic rings. The van der Waals surface area contributed by atoms with Gasteiger partial charge in [0.05, 0.1) is 0 Å². The number of carboxylic acids is 1. The summed E-state index contributed by atoms with van der Waals surface area (Å²) < 4.78 is 0. The van der Waals surface area contributed by atoms with E-state index in [1.165, 1.54) is 19.3 Å². The summed E-state index contributed by atoms with van der Waals surface area (Å²) in [5.41, 5.74) is 0. The number of piperidine rings is 1. The van der Waals surface area contributed by atoms with Crippen LogP contribution in [-0.2, 0) is 4.79 Å². The molecule has 20 heavy (non-hydrogen) atoms. The molecule has 2 aliphatic heterocycles. The molecule has 0 aliphatic carbocycles. The van der Waals surface area contributed by atoms with E-state index in [0.29, 0.717) is 6.42 Å². The number of carbonyl (C=O) groups is 1. The van der Waals surface area contributed by atoms with Gasteiger partial charge in [-0.3, -0.25) is 0 Å². The SMILES string of the molecule is O=C(O)C1CCCN1c1ccnc(N2CCCCC2)n1. The lowest BCUT2D eigenvalue weighted by atomic mass is 10.1. The van der Waals surface area contributed by atoms with Crippen molar-refractivity contribution in [2.24, 2.45) is 0 Å². The van der Waals surface area contributed by atoms with Gasteiger partial charge in [-0.25, -0.2) is 9.78 Å². The zero-order valence-corrected chi connectivity index (χ0v) is 11.5. The van der Waals surface area contributed by atoms with Gasteiger partial charge >= 0.3 is 5.97 Å². The number of hydrogen-bond acceptors (Lipinski definition) is 5. The number of rotatable bonds is 3. The van der Waals surface area contributed by atoms with Gasteiger partial charge in [0.2, 0.25) is 5.95 Å². The van der Waals surface area contributed by atoms with Crippen LogP contribution >= 0.6 is 0 Å². The number of anilines is 2. The van der Waals surface area contributed by atoms with E-state index in [-0.39, 0.29) is 0 Å². The molecule has 6 heteroatoms. The molecule has 1 N–H and O–H groups in total. The molecule has 0 bridgehead atoms. The lowest BCUT2D eigenvalue weighted by Gasteiger charge is -2.28. The summed E-state index contributed by atoms with van der Waals surface area (Å²) in [4.78, 5) is 24.3. The Hall–Kier alpha value is -1.85. The van der Waals surface area contributed by atoms with Crippen LogP contribution in [0.5, 0.6) is 0 Å². The number of aliphatic carboxylic acids is 1. The van der Waals surface area contributed by atoms with Gasteiger partial charge in [-0.05, 0) is 38.2 Å². The van der Waals surface area contributed by atoms with Gasteiger partial charge in [0.25, 0.3) is 0 Å². The van der Waals surface area contributed by atoms with E-state index in [0.717, 1.165) is 37.8 Å². The fourth-order valence-electron chi connectivity index (χ4n) is 3.04. The number of hydrogen-bond donors (Lipinski definition) is 1. The predicted molar refractivity (Wildman–Crippen MR) is 76.1 cm³/mol. The van der Waals surface area contributed by atoms with Gasteiger partial charge in [0.1, 0.15) is 11.9 Å². The third-order valence-corrected chi connectivity index (χ3v) is 4.10. The Morgan fingerprint density at radius 2 is 2.00 bits per heavy atom. The van der Waals surface area contributed by atoms with E-state index in [2.05, 4.69) is 14.9 Å². The first-order valence-corrected chi connectivity index (χ1v) is 7.33. The van der Waals surface area contributed by atoms with Crippen molar-refractivity contribution in [3.63, 3.8) is 0 Å². The monoisotopic (exact) mass is 276 g/mol. The smallest absolute Gasteiger partial charge is 0.326 e. The van der Waals surface area contributed by atoms with Crippen LogP contribution in [0.1, 0.15) is 32.1 Å². The normalized spacial score (nSPS) is 23.1. The van der Waals surface area contributed by atoms with Crippen LogP contribution in [0.3, 0.4) is 0 Å². The van der Waals surface area contributed by atoms with Crippen molar-refractivity contribution in [1.82, 2.24) is 9.97 Å². The van der Waals surface area contributed by atoms with E-state index in [1.807, 2.05) is 11.0 Å². The van der Waals surface area contributed by atoms with E-state index in [1.54, 1.807) is 6.20 Å². The molecule has 2 fully saturated rings. The molecule has 1 unspecified atom stereocenters. The van der Waals surface area contributed by atoms with Crippen molar-refractivity contribution in [1.29, 1.82) is 0 Å². The topological polar surface area (TPSA) is 69.6 Å². The molecular formula is C14H20N4O2. The molecule has 0 saturated carbocycles. The molecular weight excluding hydrogens is 256 g/mol. The highest BCUT2D eigenvalue weighted by Gasteiger charge is 2.31. The average Bonchev–Trinajstić information content (AvgIpc) is 2.98. The van der Waals surface area contributed by atoms with E-state index in [4.69, 9.17) is 0 Å². The molecule has 3 rings (SSSR count). The minimum Gasteiger partial charge on any atom is -0.480 e. The summed E-state index contributed by atoms with van der Waals surface area (Å²) in [6.45, 7) is 2.74. The van der Waals surface area contributed by atoms with E-state index < -0.39 is 12.0 Å². The van der Waals surface area contributed by atoms with Gasteiger partial charge in [0, 0.05) is 25.8 Å². The zero-order chi connectivity index (χ0) is 13.9. The Balaban J connectivity index is 1.81. The first kappa shape index (κ1) is 13.1. The first-order chi connectivity index (χ1) is 9.75. The Bertz CT molecular complexity index is 488. The van der Waals surface area contributed by atoms with E-state index >= 15 is 0 Å². The molecule has 0 amide bonds.